The van der Waals surface area contributed by atoms with Gasteiger partial charge in [0.1, 0.15) is 6.04 Å². The highest BCUT2D eigenvalue weighted by molar-refractivity contribution is 6.30. The smallest absolute Gasteiger partial charge is 0.325 e. The van der Waals surface area contributed by atoms with E-state index >= 15 is 0 Å². The Bertz CT molecular complexity index is 392. The van der Waals surface area contributed by atoms with E-state index in [-0.39, 0.29) is 0 Å². The first kappa shape index (κ1) is 11.5. The van der Waals surface area contributed by atoms with Crippen LogP contribution in [0.2, 0.25) is 5.02 Å². The zero-order valence-electron chi connectivity index (χ0n) is 8.03. The molecule has 15 heavy (non-hydrogen) atoms. The summed E-state index contributed by atoms with van der Waals surface area (Å²) in [4.78, 5) is 22.0. The fraction of sp³-hybridized carbons (Fsp3) is 0.200. The van der Waals surface area contributed by atoms with E-state index in [4.69, 9.17) is 16.7 Å². The van der Waals surface area contributed by atoms with Crippen LogP contribution in [-0.4, -0.2) is 23.0 Å². The van der Waals surface area contributed by atoms with E-state index in [1.807, 2.05) is 0 Å². The van der Waals surface area contributed by atoms with Gasteiger partial charge in [0.15, 0.2) is 0 Å². The van der Waals surface area contributed by atoms with Crippen molar-refractivity contribution in [1.82, 2.24) is 5.32 Å². The number of rotatable bonds is 3. The molecule has 0 fully saturated rings. The molecular weight excluding hydrogens is 218 g/mol. The number of hydrogen-bond donors (Lipinski definition) is 2. The molecule has 1 aromatic carbocycles. The molecule has 0 saturated heterocycles. The van der Waals surface area contributed by atoms with Gasteiger partial charge in [-0.05, 0) is 25.1 Å². The minimum absolute atomic E-state index is 0.343. The molecule has 4 nitrogen and oxygen atoms in total. The largest absolute Gasteiger partial charge is 0.480 e. The van der Waals surface area contributed by atoms with Crippen molar-refractivity contribution in [3.63, 3.8) is 0 Å². The van der Waals surface area contributed by atoms with Crippen molar-refractivity contribution < 1.29 is 14.7 Å². The molecule has 2 N–H and O–H groups in total. The lowest BCUT2D eigenvalue weighted by Crippen LogP contribution is -2.38. The summed E-state index contributed by atoms with van der Waals surface area (Å²) in [6, 6.07) is 5.39. The summed E-state index contributed by atoms with van der Waals surface area (Å²) in [5.74, 6) is -1.53. The van der Waals surface area contributed by atoms with E-state index in [1.54, 1.807) is 18.2 Å². The lowest BCUT2D eigenvalue weighted by atomic mass is 10.2. The average molecular weight is 228 g/mol. The van der Waals surface area contributed by atoms with Gasteiger partial charge in [0.05, 0.1) is 0 Å². The topological polar surface area (TPSA) is 66.4 Å². The van der Waals surface area contributed by atoms with E-state index < -0.39 is 17.9 Å². The second-order valence-corrected chi connectivity index (χ2v) is 3.48. The van der Waals surface area contributed by atoms with Crippen LogP contribution in [0.5, 0.6) is 0 Å². The molecule has 0 aliphatic rings. The Hall–Kier alpha value is -1.55. The summed E-state index contributed by atoms with van der Waals surface area (Å²) in [6.45, 7) is 1.39. The highest BCUT2D eigenvalue weighted by atomic mass is 35.5. The minimum Gasteiger partial charge on any atom is -0.480 e. The van der Waals surface area contributed by atoms with E-state index in [0.717, 1.165) is 0 Å². The second kappa shape index (κ2) is 4.79. The zero-order chi connectivity index (χ0) is 11.4. The number of carbonyl (C=O) groups is 2. The van der Waals surface area contributed by atoms with Crippen molar-refractivity contribution in [2.45, 2.75) is 13.0 Å². The lowest BCUT2D eigenvalue weighted by molar-refractivity contribution is -0.138. The number of aliphatic carboxylic acids is 1. The van der Waals surface area contributed by atoms with Crippen LogP contribution in [0.15, 0.2) is 24.3 Å². The Kier molecular flexibility index (Phi) is 3.68. The quantitative estimate of drug-likeness (QED) is 0.823. The first-order valence-corrected chi connectivity index (χ1v) is 4.67. The Morgan fingerprint density at radius 2 is 2.13 bits per heavy atom. The highest BCUT2D eigenvalue weighted by Crippen LogP contribution is 2.10. The molecule has 80 valence electrons. The summed E-state index contributed by atoms with van der Waals surface area (Å²) >= 11 is 5.69. The number of amides is 1. The first-order valence-electron chi connectivity index (χ1n) is 4.30. The number of carboxylic acid groups (broad SMARTS) is 1. The molecule has 1 aromatic rings. The fourth-order valence-electron chi connectivity index (χ4n) is 0.971. The standard InChI is InChI=1S/C10H10ClNO3/c1-6(10(14)15)12-9(13)7-3-2-4-8(11)5-7/h2-6H,1H3,(H,12,13)(H,14,15)/t6-/m0/s1. The van der Waals surface area contributed by atoms with E-state index in [1.165, 1.54) is 13.0 Å². The molecule has 0 spiro atoms. The van der Waals surface area contributed by atoms with E-state index in [9.17, 15) is 9.59 Å². The fourth-order valence-corrected chi connectivity index (χ4v) is 1.16. The third-order valence-corrected chi connectivity index (χ3v) is 2.04. The third-order valence-electron chi connectivity index (χ3n) is 1.80. The van der Waals surface area contributed by atoms with Crippen LogP contribution in [-0.2, 0) is 4.79 Å². The molecule has 0 unspecified atom stereocenters. The summed E-state index contributed by atoms with van der Waals surface area (Å²) in [7, 11) is 0. The van der Waals surface area contributed by atoms with E-state index in [2.05, 4.69) is 5.32 Å². The molecule has 5 heteroatoms. The van der Waals surface area contributed by atoms with Gasteiger partial charge in [-0.15, -0.1) is 0 Å². The van der Waals surface area contributed by atoms with Crippen molar-refractivity contribution >= 4 is 23.5 Å². The summed E-state index contributed by atoms with van der Waals surface area (Å²) in [5.41, 5.74) is 0.343. The highest BCUT2D eigenvalue weighted by Gasteiger charge is 2.14. The van der Waals surface area contributed by atoms with Crippen molar-refractivity contribution in [1.29, 1.82) is 0 Å². The van der Waals surface area contributed by atoms with E-state index in [0.29, 0.717) is 10.6 Å². The van der Waals surface area contributed by atoms with Crippen molar-refractivity contribution in [2.75, 3.05) is 0 Å². The van der Waals surface area contributed by atoms with Crippen LogP contribution in [0.1, 0.15) is 17.3 Å². The molecule has 1 amide bonds. The predicted octanol–water partition coefficient (Wildman–Crippen LogP) is 1.54. The maximum Gasteiger partial charge on any atom is 0.325 e. The zero-order valence-corrected chi connectivity index (χ0v) is 8.78. The summed E-state index contributed by atoms with van der Waals surface area (Å²) in [6.07, 6.45) is 0. The van der Waals surface area contributed by atoms with Gasteiger partial charge >= 0.3 is 5.97 Å². The SMILES string of the molecule is C[C@H](NC(=O)c1cccc(Cl)c1)C(=O)O. The molecule has 0 radical (unpaired) electrons. The van der Waals surface area contributed by atoms with Crippen molar-refractivity contribution in [3.8, 4) is 0 Å². The van der Waals surface area contributed by atoms with Crippen LogP contribution < -0.4 is 5.32 Å². The normalized spacial score (nSPS) is 11.9. The van der Waals surface area contributed by atoms with Crippen molar-refractivity contribution in [2.24, 2.45) is 0 Å². The van der Waals surface area contributed by atoms with Crippen molar-refractivity contribution in [3.05, 3.63) is 34.9 Å². The minimum atomic E-state index is -1.08. The Balaban J connectivity index is 2.73. The van der Waals surface area contributed by atoms with Gasteiger partial charge in [0, 0.05) is 10.6 Å². The Labute approximate surface area is 91.9 Å². The molecule has 0 aliphatic carbocycles. The third kappa shape index (κ3) is 3.25. The molecule has 0 saturated carbocycles. The molecule has 0 heterocycles. The molecular formula is C10H10ClNO3. The van der Waals surface area contributed by atoms with Gasteiger partial charge in [-0.2, -0.15) is 0 Å². The predicted molar refractivity (Wildman–Crippen MR) is 56.0 cm³/mol. The first-order chi connectivity index (χ1) is 7.00. The lowest BCUT2D eigenvalue weighted by Gasteiger charge is -2.08. The van der Waals surface area contributed by atoms with Gasteiger partial charge < -0.3 is 10.4 Å². The van der Waals surface area contributed by atoms with Crippen LogP contribution in [0.4, 0.5) is 0 Å². The van der Waals surface area contributed by atoms with Gasteiger partial charge in [-0.1, -0.05) is 17.7 Å². The van der Waals surface area contributed by atoms with Crippen LogP contribution in [0.3, 0.4) is 0 Å². The van der Waals surface area contributed by atoms with Gasteiger partial charge in [0.2, 0.25) is 0 Å². The van der Waals surface area contributed by atoms with Crippen LogP contribution >= 0.6 is 11.6 Å². The summed E-state index contributed by atoms with van der Waals surface area (Å²) < 4.78 is 0. The van der Waals surface area contributed by atoms with Crippen LogP contribution in [0, 0.1) is 0 Å². The molecule has 0 aliphatic heterocycles. The average Bonchev–Trinajstić information content (AvgIpc) is 2.17. The molecule has 1 rings (SSSR count). The summed E-state index contributed by atoms with van der Waals surface area (Å²) in [5, 5.41) is 11.4. The van der Waals surface area contributed by atoms with Crippen LogP contribution in [0.25, 0.3) is 0 Å². The van der Waals surface area contributed by atoms with Gasteiger partial charge in [-0.25, -0.2) is 0 Å². The monoisotopic (exact) mass is 227 g/mol. The Morgan fingerprint density at radius 1 is 1.47 bits per heavy atom. The number of benzene rings is 1. The number of nitrogens with one attached hydrogen (secondary N) is 1. The Morgan fingerprint density at radius 3 is 2.67 bits per heavy atom. The second-order valence-electron chi connectivity index (χ2n) is 3.04. The molecule has 0 bridgehead atoms. The number of halogens is 1. The maximum atomic E-state index is 11.5. The molecule has 0 aromatic heterocycles. The van der Waals surface area contributed by atoms with Gasteiger partial charge in [0.25, 0.3) is 5.91 Å². The number of hydrogen-bond acceptors (Lipinski definition) is 2. The number of carboxylic acids is 1. The maximum absolute atomic E-state index is 11.5. The van der Waals surface area contributed by atoms with Gasteiger partial charge in [-0.3, -0.25) is 9.59 Å². The molecule has 1 atom stereocenters. The number of carbonyl (C=O) groups excluding carboxylic acids is 1.